The Morgan fingerprint density at radius 2 is 1.97 bits per heavy atom. The van der Waals surface area contributed by atoms with Gasteiger partial charge in [0.15, 0.2) is 9.84 Å². The molecule has 1 aromatic carbocycles. The van der Waals surface area contributed by atoms with Crippen LogP contribution in [0.25, 0.3) is 10.9 Å². The predicted molar refractivity (Wildman–Crippen MR) is 139 cm³/mol. The number of hydrogen-bond donors (Lipinski definition) is 3. The summed E-state index contributed by atoms with van der Waals surface area (Å²) in [5.74, 6) is 1.09. The number of aromatic nitrogens is 1. The largest absolute Gasteiger partial charge is 0.381 e. The van der Waals surface area contributed by atoms with E-state index in [4.69, 9.17) is 4.99 Å². The van der Waals surface area contributed by atoms with E-state index in [1.54, 1.807) is 0 Å². The van der Waals surface area contributed by atoms with E-state index in [2.05, 4.69) is 26.6 Å². The molecule has 1 aromatic heterocycles. The van der Waals surface area contributed by atoms with Crippen LogP contribution in [0.5, 0.6) is 0 Å². The Kier molecular flexibility index (Phi) is 7.02. The molecule has 2 aromatic rings. The summed E-state index contributed by atoms with van der Waals surface area (Å²) in [6.45, 7) is 5.54. The van der Waals surface area contributed by atoms with Gasteiger partial charge in [0.05, 0.1) is 28.7 Å². The summed E-state index contributed by atoms with van der Waals surface area (Å²) in [5.41, 5.74) is 3.96. The van der Waals surface area contributed by atoms with Gasteiger partial charge in [0, 0.05) is 56.2 Å². The summed E-state index contributed by atoms with van der Waals surface area (Å²) in [5, 5.41) is 9.24. The molecule has 1 saturated carbocycles. The first-order valence-corrected chi connectivity index (χ1v) is 15.2. The zero-order valence-electron chi connectivity index (χ0n) is 19.4. The van der Waals surface area contributed by atoms with Gasteiger partial charge in [-0.2, -0.15) is 0 Å². The van der Waals surface area contributed by atoms with Gasteiger partial charge < -0.3 is 20.5 Å². The lowest BCUT2D eigenvalue weighted by molar-refractivity contribution is 0.235. The fourth-order valence-electron chi connectivity index (χ4n) is 5.19. The number of piperazine rings is 1. The molecule has 1 aliphatic carbocycles. The van der Waals surface area contributed by atoms with Gasteiger partial charge in [-0.3, -0.25) is 4.99 Å². The quantitative estimate of drug-likeness (QED) is 0.528. The van der Waals surface area contributed by atoms with E-state index >= 15 is 0 Å². The second-order valence-corrected chi connectivity index (χ2v) is 12.9. The zero-order chi connectivity index (χ0) is 22.8. The molecule has 1 atom stereocenters. The minimum absolute atomic E-state index is 0.0621. The number of thioether (sulfide) groups is 1. The van der Waals surface area contributed by atoms with E-state index < -0.39 is 9.84 Å². The van der Waals surface area contributed by atoms with E-state index in [0.717, 1.165) is 77.8 Å². The standard InChI is InChI=1S/C24H35N5O2S2/c1-33(30,31)16-17-12-18-14-22(28-23(18)21(13-17)26-19-4-2-3-5-19)24-27-20(15-32-24)6-9-29-10-7-25-8-11-29/h12-14,19-20,25-26,28H,2-11,15-16H2,1H3/t20-/m1/s1. The molecule has 7 nitrogen and oxygen atoms in total. The van der Waals surface area contributed by atoms with Gasteiger partial charge in [-0.15, -0.1) is 11.8 Å². The number of anilines is 1. The highest BCUT2D eigenvalue weighted by Gasteiger charge is 2.23. The van der Waals surface area contributed by atoms with Gasteiger partial charge >= 0.3 is 0 Å². The summed E-state index contributed by atoms with van der Waals surface area (Å²) in [4.78, 5) is 11.2. The Morgan fingerprint density at radius 3 is 2.73 bits per heavy atom. The number of hydrogen-bond acceptors (Lipinski definition) is 7. The summed E-state index contributed by atoms with van der Waals surface area (Å²) >= 11 is 1.83. The lowest BCUT2D eigenvalue weighted by Crippen LogP contribution is -2.44. The van der Waals surface area contributed by atoms with E-state index in [0.29, 0.717) is 12.1 Å². The molecule has 33 heavy (non-hydrogen) atoms. The van der Waals surface area contributed by atoms with Gasteiger partial charge in [-0.05, 0) is 43.0 Å². The van der Waals surface area contributed by atoms with Gasteiger partial charge in [0.2, 0.25) is 0 Å². The third-order valence-electron chi connectivity index (χ3n) is 6.86. The van der Waals surface area contributed by atoms with Crippen molar-refractivity contribution < 1.29 is 8.42 Å². The Morgan fingerprint density at radius 1 is 1.18 bits per heavy atom. The molecule has 2 fully saturated rings. The summed E-state index contributed by atoms with van der Waals surface area (Å²) < 4.78 is 23.9. The summed E-state index contributed by atoms with van der Waals surface area (Å²) in [7, 11) is -3.10. The molecule has 3 N–H and O–H groups in total. The minimum atomic E-state index is -3.10. The number of aliphatic imine (C=N–C) groups is 1. The number of nitrogens with zero attached hydrogens (tertiary/aromatic N) is 2. The van der Waals surface area contributed by atoms with Crippen LogP contribution in [0.4, 0.5) is 5.69 Å². The van der Waals surface area contributed by atoms with Crippen molar-refractivity contribution in [1.82, 2.24) is 15.2 Å². The van der Waals surface area contributed by atoms with E-state index in [1.165, 1.54) is 31.9 Å². The molecule has 3 heterocycles. The fourth-order valence-corrected chi connectivity index (χ4v) is 7.04. The molecular weight excluding hydrogens is 454 g/mol. The number of benzene rings is 1. The minimum Gasteiger partial charge on any atom is -0.381 e. The van der Waals surface area contributed by atoms with Crippen LogP contribution in [0.2, 0.25) is 0 Å². The van der Waals surface area contributed by atoms with Crippen molar-refractivity contribution in [2.45, 2.75) is 49.9 Å². The lowest BCUT2D eigenvalue weighted by atomic mass is 10.1. The van der Waals surface area contributed by atoms with Crippen LogP contribution in [0.1, 0.15) is 43.4 Å². The van der Waals surface area contributed by atoms with Crippen LogP contribution < -0.4 is 10.6 Å². The Labute approximate surface area is 201 Å². The van der Waals surface area contributed by atoms with Crippen molar-refractivity contribution in [3.63, 3.8) is 0 Å². The average molecular weight is 490 g/mol. The zero-order valence-corrected chi connectivity index (χ0v) is 21.0. The maximum atomic E-state index is 12.0. The molecule has 0 spiro atoms. The van der Waals surface area contributed by atoms with Crippen molar-refractivity contribution in [3.8, 4) is 0 Å². The van der Waals surface area contributed by atoms with E-state index in [-0.39, 0.29) is 5.75 Å². The molecule has 9 heteroatoms. The Balaban J connectivity index is 1.36. The third kappa shape index (κ3) is 5.93. The first-order chi connectivity index (χ1) is 15.9. The molecule has 1 saturated heterocycles. The van der Waals surface area contributed by atoms with Crippen LogP contribution in [-0.4, -0.2) is 80.2 Å². The van der Waals surface area contributed by atoms with Crippen molar-refractivity contribution >= 4 is 43.2 Å². The van der Waals surface area contributed by atoms with Crippen molar-refractivity contribution in [1.29, 1.82) is 0 Å². The maximum Gasteiger partial charge on any atom is 0.151 e. The molecule has 0 unspecified atom stereocenters. The fraction of sp³-hybridized carbons (Fsp3) is 0.625. The summed E-state index contributed by atoms with van der Waals surface area (Å²) in [6, 6.07) is 7.00. The number of H-pyrrole nitrogens is 1. The van der Waals surface area contributed by atoms with Crippen LogP contribution in [0, 0.1) is 0 Å². The first-order valence-electron chi connectivity index (χ1n) is 12.2. The topological polar surface area (TPSA) is 89.6 Å². The SMILES string of the molecule is CS(=O)(=O)Cc1cc(NC2CCCC2)c2[nH]c(C3=N[C@H](CCN4CCNCC4)CS3)cc2c1. The van der Waals surface area contributed by atoms with Gasteiger partial charge in [0.25, 0.3) is 0 Å². The Bertz CT molecular complexity index is 1120. The number of fused-ring (bicyclic) bond motifs is 1. The Hall–Kier alpha value is -1.55. The molecule has 2 aliphatic heterocycles. The van der Waals surface area contributed by atoms with Crippen molar-refractivity contribution in [2.24, 2.45) is 4.99 Å². The maximum absolute atomic E-state index is 12.0. The van der Waals surface area contributed by atoms with E-state index in [1.807, 2.05) is 23.9 Å². The van der Waals surface area contributed by atoms with Crippen molar-refractivity contribution in [2.75, 3.05) is 50.0 Å². The van der Waals surface area contributed by atoms with Gasteiger partial charge in [0.1, 0.15) is 5.04 Å². The lowest BCUT2D eigenvalue weighted by Gasteiger charge is -2.27. The van der Waals surface area contributed by atoms with Gasteiger partial charge in [-0.25, -0.2) is 8.42 Å². The van der Waals surface area contributed by atoms with Gasteiger partial charge in [-0.1, -0.05) is 12.8 Å². The number of sulfone groups is 1. The number of aromatic amines is 1. The van der Waals surface area contributed by atoms with Crippen LogP contribution in [0.15, 0.2) is 23.2 Å². The predicted octanol–water partition coefficient (Wildman–Crippen LogP) is 3.22. The van der Waals surface area contributed by atoms with Crippen molar-refractivity contribution in [3.05, 3.63) is 29.5 Å². The van der Waals surface area contributed by atoms with Crippen LogP contribution >= 0.6 is 11.8 Å². The average Bonchev–Trinajstić information content (AvgIpc) is 3.52. The highest BCUT2D eigenvalue weighted by Crippen LogP contribution is 2.33. The molecule has 180 valence electrons. The molecule has 3 aliphatic rings. The molecule has 5 rings (SSSR count). The molecule has 0 amide bonds. The second-order valence-electron chi connectivity index (χ2n) is 9.77. The van der Waals surface area contributed by atoms with E-state index in [9.17, 15) is 8.42 Å². The second kappa shape index (κ2) is 9.98. The van der Waals surface area contributed by atoms with Crippen LogP contribution in [0.3, 0.4) is 0 Å². The highest BCUT2D eigenvalue weighted by atomic mass is 32.2. The third-order valence-corrected chi connectivity index (χ3v) is 8.87. The highest BCUT2D eigenvalue weighted by molar-refractivity contribution is 8.14. The number of rotatable bonds is 8. The first kappa shape index (κ1) is 23.2. The smallest absolute Gasteiger partial charge is 0.151 e. The molecule has 0 radical (unpaired) electrons. The van der Waals surface area contributed by atoms with Crippen LogP contribution in [-0.2, 0) is 15.6 Å². The normalized spacial score (nSPS) is 22.8. The molecule has 0 bridgehead atoms. The summed E-state index contributed by atoms with van der Waals surface area (Å²) in [6.07, 6.45) is 7.24. The molecular formula is C24H35N5O2S2. The number of nitrogens with one attached hydrogen (secondary N) is 3. The monoisotopic (exact) mass is 489 g/mol.